The van der Waals surface area contributed by atoms with Crippen LogP contribution in [-0.2, 0) is 6.54 Å². The highest BCUT2D eigenvalue weighted by atomic mass is 32.1. The molecule has 4 rings (SSSR count). The number of alkyl halides is 4. The Morgan fingerprint density at radius 2 is 2.26 bits per heavy atom. The zero-order valence-corrected chi connectivity index (χ0v) is 14.3. The second kappa shape index (κ2) is 6.44. The Bertz CT molecular complexity index is 967. The summed E-state index contributed by atoms with van der Waals surface area (Å²) in [7, 11) is 0. The van der Waals surface area contributed by atoms with Gasteiger partial charge in [0.05, 0.1) is 11.9 Å². The van der Waals surface area contributed by atoms with Gasteiger partial charge in [0, 0.05) is 42.2 Å². The second-order valence-corrected chi connectivity index (χ2v) is 6.95. The number of aromatic nitrogens is 5. The lowest BCUT2D eigenvalue weighted by atomic mass is 10.3. The molecule has 0 aliphatic heterocycles. The third-order valence-electron chi connectivity index (χ3n) is 4.09. The first-order chi connectivity index (χ1) is 12.8. The molecule has 0 saturated heterocycles. The number of carbonyl (C=O) groups is 1. The Balaban J connectivity index is 1.51. The van der Waals surface area contributed by atoms with Crippen LogP contribution in [0.1, 0.15) is 29.0 Å². The Morgan fingerprint density at radius 1 is 1.48 bits per heavy atom. The number of H-pyrrole nitrogens is 1. The molecule has 27 heavy (non-hydrogen) atoms. The standard InChI is InChI=1S/C15H12F4N6OS/c16-12(17)11-9(5-25(24-11)4-8-1-15(8,18)19)22-13(26)10-6-27-14(23-10)7-2-20-21-3-7/h2-3,5-6,8,12H,1,4H2,(H,20,21)(H,22,26). The molecule has 1 saturated carbocycles. The minimum atomic E-state index is -2.96. The number of aromatic amines is 1. The van der Waals surface area contributed by atoms with Crippen LogP contribution in [0.4, 0.5) is 23.2 Å². The highest BCUT2D eigenvalue weighted by Crippen LogP contribution is 2.49. The zero-order chi connectivity index (χ0) is 19.2. The number of hydrogen-bond acceptors (Lipinski definition) is 5. The Hall–Kier alpha value is -2.76. The van der Waals surface area contributed by atoms with Gasteiger partial charge in [0.25, 0.3) is 18.3 Å². The van der Waals surface area contributed by atoms with E-state index in [1.165, 1.54) is 22.9 Å². The van der Waals surface area contributed by atoms with Crippen molar-refractivity contribution in [2.75, 3.05) is 5.32 Å². The molecule has 0 spiro atoms. The SMILES string of the molecule is O=C(Nc1cn(CC2CC2(F)F)nc1C(F)F)c1csc(-c2cn[nH]c2)n1. The summed E-state index contributed by atoms with van der Waals surface area (Å²) >= 11 is 1.19. The first kappa shape index (κ1) is 17.6. The lowest BCUT2D eigenvalue weighted by Crippen LogP contribution is -2.13. The quantitative estimate of drug-likeness (QED) is 0.619. The molecule has 1 fully saturated rings. The number of amides is 1. The van der Waals surface area contributed by atoms with E-state index in [9.17, 15) is 22.4 Å². The molecule has 2 N–H and O–H groups in total. The van der Waals surface area contributed by atoms with Crippen molar-refractivity contribution in [2.24, 2.45) is 5.92 Å². The number of thiazole rings is 1. The van der Waals surface area contributed by atoms with E-state index >= 15 is 0 Å². The molecule has 0 aromatic carbocycles. The summed E-state index contributed by atoms with van der Waals surface area (Å²) in [5, 5.41) is 14.4. The van der Waals surface area contributed by atoms with Crippen molar-refractivity contribution in [2.45, 2.75) is 25.3 Å². The van der Waals surface area contributed by atoms with E-state index in [1.54, 1.807) is 6.20 Å². The van der Waals surface area contributed by atoms with E-state index < -0.39 is 29.9 Å². The smallest absolute Gasteiger partial charge is 0.284 e. The van der Waals surface area contributed by atoms with Gasteiger partial charge < -0.3 is 5.32 Å². The summed E-state index contributed by atoms with van der Waals surface area (Å²) in [5.41, 5.74) is -0.169. The average Bonchev–Trinajstić information content (AvgIpc) is 3.15. The molecule has 3 aromatic rings. The van der Waals surface area contributed by atoms with E-state index in [-0.39, 0.29) is 24.3 Å². The molecule has 3 heterocycles. The van der Waals surface area contributed by atoms with Gasteiger partial charge in [0.1, 0.15) is 10.7 Å². The van der Waals surface area contributed by atoms with Crippen LogP contribution in [0.15, 0.2) is 24.0 Å². The van der Waals surface area contributed by atoms with Crippen LogP contribution in [0.3, 0.4) is 0 Å². The molecule has 142 valence electrons. The highest BCUT2D eigenvalue weighted by molar-refractivity contribution is 7.13. The number of nitrogens with zero attached hydrogens (tertiary/aromatic N) is 4. The minimum absolute atomic E-state index is 0.0397. The lowest BCUT2D eigenvalue weighted by molar-refractivity contribution is 0.0938. The highest BCUT2D eigenvalue weighted by Gasteiger charge is 2.56. The van der Waals surface area contributed by atoms with Crippen LogP contribution in [0.2, 0.25) is 0 Å². The predicted molar refractivity (Wildman–Crippen MR) is 87.9 cm³/mol. The van der Waals surface area contributed by atoms with Crippen molar-refractivity contribution >= 4 is 22.9 Å². The Labute approximate surface area is 153 Å². The van der Waals surface area contributed by atoms with Gasteiger partial charge in [-0.15, -0.1) is 11.3 Å². The van der Waals surface area contributed by atoms with Gasteiger partial charge in [-0.05, 0) is 0 Å². The maximum absolute atomic E-state index is 13.2. The third-order valence-corrected chi connectivity index (χ3v) is 4.98. The fourth-order valence-electron chi connectivity index (χ4n) is 2.55. The summed E-state index contributed by atoms with van der Waals surface area (Å²) in [5.74, 6) is -4.41. The molecular formula is C15H12F4N6OS. The lowest BCUT2D eigenvalue weighted by Gasteiger charge is -2.02. The number of nitrogens with one attached hydrogen (secondary N) is 2. The molecule has 3 aromatic heterocycles. The van der Waals surface area contributed by atoms with Crippen LogP contribution in [0.5, 0.6) is 0 Å². The fraction of sp³-hybridized carbons (Fsp3) is 0.333. The molecule has 12 heteroatoms. The van der Waals surface area contributed by atoms with Crippen LogP contribution in [0.25, 0.3) is 10.6 Å². The van der Waals surface area contributed by atoms with Gasteiger partial charge in [-0.2, -0.15) is 10.2 Å². The fourth-order valence-corrected chi connectivity index (χ4v) is 3.33. The van der Waals surface area contributed by atoms with Crippen molar-refractivity contribution < 1.29 is 22.4 Å². The van der Waals surface area contributed by atoms with Crippen LogP contribution < -0.4 is 5.32 Å². The molecule has 1 aliphatic rings. The molecule has 0 bridgehead atoms. The number of anilines is 1. The third kappa shape index (κ3) is 3.56. The molecule has 1 aliphatic carbocycles. The largest absolute Gasteiger partial charge is 0.317 e. The number of rotatable bonds is 6. The number of hydrogen-bond donors (Lipinski definition) is 2. The minimum Gasteiger partial charge on any atom is -0.317 e. The van der Waals surface area contributed by atoms with Gasteiger partial charge in [0.2, 0.25) is 0 Å². The molecule has 1 unspecified atom stereocenters. The maximum Gasteiger partial charge on any atom is 0.284 e. The summed E-state index contributed by atoms with van der Waals surface area (Å²) in [6.45, 7) is -0.191. The van der Waals surface area contributed by atoms with Gasteiger partial charge in [0.15, 0.2) is 5.69 Å². The molecule has 1 amide bonds. The van der Waals surface area contributed by atoms with Gasteiger partial charge in [-0.25, -0.2) is 22.5 Å². The van der Waals surface area contributed by atoms with E-state index in [4.69, 9.17) is 0 Å². The molecule has 1 atom stereocenters. The van der Waals surface area contributed by atoms with Gasteiger partial charge in [-0.1, -0.05) is 0 Å². The number of halogens is 4. The average molecular weight is 400 g/mol. The summed E-state index contributed by atoms with van der Waals surface area (Å²) in [6, 6.07) is 0. The summed E-state index contributed by atoms with van der Waals surface area (Å²) in [6.07, 6.45) is 1.02. The van der Waals surface area contributed by atoms with Crippen LogP contribution in [-0.4, -0.2) is 36.8 Å². The van der Waals surface area contributed by atoms with E-state index in [0.29, 0.717) is 10.6 Å². The monoisotopic (exact) mass is 400 g/mol. The van der Waals surface area contributed by atoms with Crippen molar-refractivity contribution in [1.82, 2.24) is 25.0 Å². The summed E-state index contributed by atoms with van der Waals surface area (Å²) in [4.78, 5) is 16.5. The molecule has 0 radical (unpaired) electrons. The zero-order valence-electron chi connectivity index (χ0n) is 13.5. The molecule has 7 nitrogen and oxygen atoms in total. The van der Waals surface area contributed by atoms with Crippen LogP contribution >= 0.6 is 11.3 Å². The normalized spacial score (nSPS) is 18.0. The van der Waals surface area contributed by atoms with Gasteiger partial charge >= 0.3 is 0 Å². The second-order valence-electron chi connectivity index (χ2n) is 6.09. The van der Waals surface area contributed by atoms with Crippen molar-refractivity contribution in [1.29, 1.82) is 0 Å². The predicted octanol–water partition coefficient (Wildman–Crippen LogP) is 3.57. The first-order valence-electron chi connectivity index (χ1n) is 7.83. The maximum atomic E-state index is 13.2. The van der Waals surface area contributed by atoms with Gasteiger partial charge in [-0.3, -0.25) is 14.6 Å². The van der Waals surface area contributed by atoms with Crippen molar-refractivity contribution in [3.8, 4) is 10.6 Å². The summed E-state index contributed by atoms with van der Waals surface area (Å²) < 4.78 is 53.4. The van der Waals surface area contributed by atoms with E-state index in [0.717, 1.165) is 10.9 Å². The van der Waals surface area contributed by atoms with E-state index in [2.05, 4.69) is 25.6 Å². The first-order valence-corrected chi connectivity index (χ1v) is 8.71. The topological polar surface area (TPSA) is 88.5 Å². The van der Waals surface area contributed by atoms with E-state index in [1.807, 2.05) is 0 Å². The Morgan fingerprint density at radius 3 is 2.89 bits per heavy atom. The number of carbonyl (C=O) groups excluding carboxylic acids is 1. The van der Waals surface area contributed by atoms with Crippen molar-refractivity contribution in [3.05, 3.63) is 35.4 Å². The Kier molecular flexibility index (Phi) is 4.21. The molecular weight excluding hydrogens is 388 g/mol. The van der Waals surface area contributed by atoms with Crippen molar-refractivity contribution in [3.63, 3.8) is 0 Å². The van der Waals surface area contributed by atoms with Crippen LogP contribution in [0, 0.1) is 5.92 Å².